The third-order valence-corrected chi connectivity index (χ3v) is 6.38. The third kappa shape index (κ3) is 4.66. The van der Waals surface area contributed by atoms with Crippen molar-refractivity contribution in [3.05, 3.63) is 41.6 Å². The van der Waals surface area contributed by atoms with E-state index < -0.39 is 41.6 Å². The number of carbonyl (C=O) groups is 2. The Balaban J connectivity index is 1.43. The maximum atomic E-state index is 14.0. The monoisotopic (exact) mass is 449 g/mol. The number of halogens is 2. The van der Waals surface area contributed by atoms with Crippen LogP contribution in [0.15, 0.2) is 28.8 Å². The standard InChI is InChI=1S/C22H25F2N3O5/c23-12-5-6-13(15(24)9-12)20-10-17(26-32-20)21(29)25-16-7-8-27(11-14(16)22(30)31)18-3-1-2-4-19(18)28/h5-6,9-10,14,16,18-19,28H,1-4,7-8,11H2,(H,25,29)(H,30,31)/t14-,16-,18-,19-/m1/s1. The highest BCUT2D eigenvalue weighted by atomic mass is 19.1. The van der Waals surface area contributed by atoms with Crippen molar-refractivity contribution < 1.29 is 33.1 Å². The first kappa shape index (κ1) is 22.3. The van der Waals surface area contributed by atoms with Crippen LogP contribution in [0.5, 0.6) is 0 Å². The molecular weight excluding hydrogens is 424 g/mol. The number of nitrogens with one attached hydrogen (secondary N) is 1. The van der Waals surface area contributed by atoms with Gasteiger partial charge in [0.1, 0.15) is 11.6 Å². The number of hydrogen-bond acceptors (Lipinski definition) is 6. The summed E-state index contributed by atoms with van der Waals surface area (Å²) in [4.78, 5) is 26.6. The number of aliphatic hydroxyl groups is 1. The highest BCUT2D eigenvalue weighted by molar-refractivity contribution is 5.93. The number of aliphatic hydroxyl groups excluding tert-OH is 1. The minimum atomic E-state index is -1.03. The Morgan fingerprint density at radius 2 is 1.94 bits per heavy atom. The van der Waals surface area contributed by atoms with E-state index in [9.17, 15) is 28.6 Å². The number of piperidine rings is 1. The topological polar surface area (TPSA) is 116 Å². The van der Waals surface area contributed by atoms with E-state index in [1.165, 1.54) is 12.1 Å². The average Bonchev–Trinajstić information content (AvgIpc) is 3.24. The zero-order valence-corrected chi connectivity index (χ0v) is 17.3. The second-order valence-corrected chi connectivity index (χ2v) is 8.43. The van der Waals surface area contributed by atoms with Crippen molar-refractivity contribution in [2.24, 2.45) is 5.92 Å². The Hall–Kier alpha value is -2.85. The molecule has 1 aromatic heterocycles. The van der Waals surface area contributed by atoms with Crippen LogP contribution < -0.4 is 5.32 Å². The molecule has 1 aromatic carbocycles. The molecule has 0 bridgehead atoms. The smallest absolute Gasteiger partial charge is 0.309 e. The van der Waals surface area contributed by atoms with Gasteiger partial charge in [0.25, 0.3) is 5.91 Å². The Morgan fingerprint density at radius 3 is 2.66 bits per heavy atom. The first-order valence-electron chi connectivity index (χ1n) is 10.7. The van der Waals surface area contributed by atoms with Gasteiger partial charge in [-0.05, 0) is 31.4 Å². The lowest BCUT2D eigenvalue weighted by Gasteiger charge is -2.43. The second kappa shape index (κ2) is 9.33. The van der Waals surface area contributed by atoms with Crippen molar-refractivity contribution in [1.82, 2.24) is 15.4 Å². The van der Waals surface area contributed by atoms with Gasteiger partial charge < -0.3 is 20.1 Å². The van der Waals surface area contributed by atoms with E-state index in [-0.39, 0.29) is 29.6 Å². The largest absolute Gasteiger partial charge is 0.481 e. The summed E-state index contributed by atoms with van der Waals surface area (Å²) in [7, 11) is 0. The van der Waals surface area contributed by atoms with Gasteiger partial charge in [-0.25, -0.2) is 8.78 Å². The van der Waals surface area contributed by atoms with Gasteiger partial charge in [0, 0.05) is 37.3 Å². The molecule has 2 fully saturated rings. The van der Waals surface area contributed by atoms with Gasteiger partial charge in [-0.15, -0.1) is 0 Å². The SMILES string of the molecule is O=C(N[C@@H]1CCN([C@@H]2CCCC[C@H]2O)C[C@H]1C(=O)O)c1cc(-c2ccc(F)cc2F)on1. The molecule has 1 saturated heterocycles. The van der Waals surface area contributed by atoms with Crippen molar-refractivity contribution in [3.63, 3.8) is 0 Å². The summed E-state index contributed by atoms with van der Waals surface area (Å²) in [6, 6.07) is 3.49. The molecule has 0 radical (unpaired) electrons. The fourth-order valence-electron chi connectivity index (χ4n) is 4.66. The molecule has 1 aliphatic heterocycles. The minimum Gasteiger partial charge on any atom is -0.481 e. The van der Waals surface area contributed by atoms with Gasteiger partial charge in [0.2, 0.25) is 0 Å². The molecule has 4 rings (SSSR count). The quantitative estimate of drug-likeness (QED) is 0.642. The van der Waals surface area contributed by atoms with E-state index in [1.807, 2.05) is 4.90 Å². The van der Waals surface area contributed by atoms with Gasteiger partial charge >= 0.3 is 5.97 Å². The van der Waals surface area contributed by atoms with Crippen LogP contribution in [-0.4, -0.2) is 63.4 Å². The number of carbonyl (C=O) groups excluding carboxylic acids is 1. The van der Waals surface area contributed by atoms with Crippen LogP contribution in [0.2, 0.25) is 0 Å². The number of benzene rings is 1. The fourth-order valence-corrected chi connectivity index (χ4v) is 4.66. The van der Waals surface area contributed by atoms with Gasteiger partial charge in [-0.3, -0.25) is 14.5 Å². The van der Waals surface area contributed by atoms with Crippen LogP contribution in [-0.2, 0) is 4.79 Å². The molecule has 0 unspecified atom stereocenters. The molecule has 0 spiro atoms. The highest BCUT2D eigenvalue weighted by Gasteiger charge is 2.40. The molecule has 8 nitrogen and oxygen atoms in total. The summed E-state index contributed by atoms with van der Waals surface area (Å²) in [6.45, 7) is 0.786. The Labute approximate surface area is 183 Å². The van der Waals surface area contributed by atoms with Crippen molar-refractivity contribution in [2.45, 2.75) is 50.3 Å². The Morgan fingerprint density at radius 1 is 1.16 bits per heavy atom. The van der Waals surface area contributed by atoms with Crippen LogP contribution >= 0.6 is 0 Å². The van der Waals surface area contributed by atoms with Crippen LogP contribution in [0.25, 0.3) is 11.3 Å². The molecule has 2 aromatic rings. The predicted molar refractivity (Wildman–Crippen MR) is 109 cm³/mol. The number of aliphatic carboxylic acids is 1. The first-order valence-corrected chi connectivity index (χ1v) is 10.7. The lowest BCUT2D eigenvalue weighted by atomic mass is 9.86. The molecule has 32 heavy (non-hydrogen) atoms. The number of aromatic nitrogens is 1. The lowest BCUT2D eigenvalue weighted by Crippen LogP contribution is -2.58. The van der Waals surface area contributed by atoms with Crippen molar-refractivity contribution >= 4 is 11.9 Å². The highest BCUT2D eigenvalue weighted by Crippen LogP contribution is 2.29. The van der Waals surface area contributed by atoms with E-state index in [0.29, 0.717) is 25.5 Å². The molecular formula is C22H25F2N3O5. The van der Waals surface area contributed by atoms with E-state index in [1.54, 1.807) is 0 Å². The maximum Gasteiger partial charge on any atom is 0.309 e. The molecule has 1 saturated carbocycles. The molecule has 1 aliphatic carbocycles. The minimum absolute atomic E-state index is 0.0384. The van der Waals surface area contributed by atoms with E-state index >= 15 is 0 Å². The molecule has 2 heterocycles. The normalized spacial score (nSPS) is 26.6. The van der Waals surface area contributed by atoms with Crippen LogP contribution in [0, 0.1) is 17.6 Å². The Bertz CT molecular complexity index is 998. The van der Waals surface area contributed by atoms with Gasteiger partial charge in [0.05, 0.1) is 17.6 Å². The number of carboxylic acids is 1. The zero-order chi connectivity index (χ0) is 22.8. The average molecular weight is 449 g/mol. The second-order valence-electron chi connectivity index (χ2n) is 8.43. The summed E-state index contributed by atoms with van der Waals surface area (Å²) in [6.07, 6.45) is 3.44. The predicted octanol–water partition coefficient (Wildman–Crippen LogP) is 2.43. The van der Waals surface area contributed by atoms with Gasteiger partial charge in [0.15, 0.2) is 11.5 Å². The summed E-state index contributed by atoms with van der Waals surface area (Å²) < 4.78 is 32.1. The van der Waals surface area contributed by atoms with Crippen LogP contribution in [0.1, 0.15) is 42.6 Å². The molecule has 2 aliphatic rings. The van der Waals surface area contributed by atoms with Crippen molar-refractivity contribution in [2.75, 3.05) is 13.1 Å². The molecule has 172 valence electrons. The Kier molecular flexibility index (Phi) is 6.52. The number of hydrogen-bond donors (Lipinski definition) is 3. The first-order chi connectivity index (χ1) is 15.3. The van der Waals surface area contributed by atoms with Crippen molar-refractivity contribution in [3.8, 4) is 11.3 Å². The summed E-state index contributed by atoms with van der Waals surface area (Å²) in [5.74, 6) is -4.14. The number of amides is 1. The fraction of sp³-hybridized carbons (Fsp3) is 0.500. The van der Waals surface area contributed by atoms with E-state index in [2.05, 4.69) is 10.5 Å². The number of rotatable bonds is 5. The van der Waals surface area contributed by atoms with Gasteiger partial charge in [-0.2, -0.15) is 0 Å². The molecule has 4 atom stereocenters. The molecule has 3 N–H and O–H groups in total. The van der Waals surface area contributed by atoms with Crippen molar-refractivity contribution in [1.29, 1.82) is 0 Å². The van der Waals surface area contributed by atoms with E-state index in [4.69, 9.17) is 4.52 Å². The molecule has 10 heteroatoms. The molecule has 1 amide bonds. The van der Waals surface area contributed by atoms with Gasteiger partial charge in [-0.1, -0.05) is 18.0 Å². The lowest BCUT2D eigenvalue weighted by molar-refractivity contribution is -0.145. The van der Waals surface area contributed by atoms with Crippen LogP contribution in [0.3, 0.4) is 0 Å². The maximum absolute atomic E-state index is 14.0. The summed E-state index contributed by atoms with van der Waals surface area (Å²) in [5, 5.41) is 26.4. The third-order valence-electron chi connectivity index (χ3n) is 6.38. The van der Waals surface area contributed by atoms with E-state index in [0.717, 1.165) is 25.3 Å². The number of carboxylic acid groups (broad SMARTS) is 1. The zero-order valence-electron chi connectivity index (χ0n) is 17.3. The summed E-state index contributed by atoms with van der Waals surface area (Å²) in [5.41, 5.74) is -0.168. The number of likely N-dealkylation sites (tertiary alicyclic amines) is 1. The summed E-state index contributed by atoms with van der Waals surface area (Å²) >= 11 is 0. The number of nitrogens with zero attached hydrogens (tertiary/aromatic N) is 2. The van der Waals surface area contributed by atoms with Crippen LogP contribution in [0.4, 0.5) is 8.78 Å².